The number of benzene rings is 1. The highest BCUT2D eigenvalue weighted by atomic mass is 28.4. The molecule has 0 bridgehead atoms. The standard InChI is InChI=1S/C11H17N2O3Si/c1-12-6-7-13(9-12)8-10-2-4-11(5-3-10)17(14,15)16/h2-5,9,14-16H,6-8H2,1H3. The molecule has 0 saturated carbocycles. The minimum atomic E-state index is -4.14. The number of hydrogen-bond acceptors (Lipinski definition) is 5. The average molecular weight is 253 g/mol. The highest BCUT2D eigenvalue weighted by Gasteiger charge is 2.29. The molecule has 5 nitrogen and oxygen atoms in total. The zero-order valence-electron chi connectivity index (χ0n) is 9.74. The molecule has 1 aromatic carbocycles. The second-order valence-corrected chi connectivity index (χ2v) is 6.25. The van der Waals surface area contributed by atoms with E-state index in [1.165, 1.54) is 0 Å². The van der Waals surface area contributed by atoms with Gasteiger partial charge in [-0.15, -0.1) is 0 Å². The second-order valence-electron chi connectivity index (χ2n) is 4.40. The van der Waals surface area contributed by atoms with Gasteiger partial charge in [0.05, 0.1) is 6.67 Å². The fraction of sp³-hybridized carbons (Fsp3) is 0.364. The van der Waals surface area contributed by atoms with Crippen molar-refractivity contribution in [3.63, 3.8) is 0 Å². The number of hydrogen-bond donors (Lipinski definition) is 3. The highest BCUT2D eigenvalue weighted by molar-refractivity contribution is 6.71. The molecule has 93 valence electrons. The van der Waals surface area contributed by atoms with Gasteiger partial charge in [0.2, 0.25) is 0 Å². The van der Waals surface area contributed by atoms with Crippen LogP contribution in [0.2, 0.25) is 0 Å². The molecule has 3 N–H and O–H groups in total. The van der Waals surface area contributed by atoms with Crippen LogP contribution in [0, 0.1) is 6.67 Å². The zero-order chi connectivity index (χ0) is 12.5. The van der Waals surface area contributed by atoms with E-state index in [9.17, 15) is 0 Å². The Kier molecular flexibility index (Phi) is 3.62. The largest absolute Gasteiger partial charge is 0.528 e. The summed E-state index contributed by atoms with van der Waals surface area (Å²) in [7, 11) is -2.11. The maximum atomic E-state index is 9.13. The van der Waals surface area contributed by atoms with Crippen LogP contribution < -0.4 is 5.19 Å². The van der Waals surface area contributed by atoms with Crippen LogP contribution in [0.15, 0.2) is 24.3 Å². The van der Waals surface area contributed by atoms with E-state index in [1.54, 1.807) is 12.1 Å². The predicted molar refractivity (Wildman–Crippen MR) is 65.8 cm³/mol. The van der Waals surface area contributed by atoms with Gasteiger partial charge in [-0.3, -0.25) is 9.80 Å². The van der Waals surface area contributed by atoms with Crippen LogP contribution in [-0.2, 0) is 6.54 Å². The molecule has 0 aliphatic carbocycles. The Morgan fingerprint density at radius 1 is 1.12 bits per heavy atom. The summed E-state index contributed by atoms with van der Waals surface area (Å²) in [6.45, 7) is 4.88. The monoisotopic (exact) mass is 253 g/mol. The van der Waals surface area contributed by atoms with Crippen molar-refractivity contribution in [3.05, 3.63) is 36.5 Å². The Bertz CT molecular complexity index is 377. The van der Waals surface area contributed by atoms with Crippen LogP contribution in [-0.4, -0.2) is 53.1 Å². The second kappa shape index (κ2) is 4.85. The van der Waals surface area contributed by atoms with Gasteiger partial charge < -0.3 is 14.4 Å². The molecule has 6 heteroatoms. The van der Waals surface area contributed by atoms with E-state index in [0.717, 1.165) is 25.2 Å². The Hall–Kier alpha value is -0.763. The van der Waals surface area contributed by atoms with Gasteiger partial charge >= 0.3 is 8.80 Å². The Morgan fingerprint density at radius 2 is 1.76 bits per heavy atom. The summed E-state index contributed by atoms with van der Waals surface area (Å²) >= 11 is 0. The Balaban J connectivity index is 1.99. The maximum Gasteiger partial charge on any atom is 0.528 e. The van der Waals surface area contributed by atoms with Gasteiger partial charge in [0.15, 0.2) is 0 Å². The van der Waals surface area contributed by atoms with Gasteiger partial charge in [-0.05, 0) is 12.6 Å². The quantitative estimate of drug-likeness (QED) is 0.583. The van der Waals surface area contributed by atoms with Crippen LogP contribution in [0.5, 0.6) is 0 Å². The van der Waals surface area contributed by atoms with E-state index >= 15 is 0 Å². The molecule has 1 heterocycles. The third-order valence-corrected chi connectivity index (χ3v) is 3.94. The van der Waals surface area contributed by atoms with Gasteiger partial charge in [0.1, 0.15) is 0 Å². The van der Waals surface area contributed by atoms with Crippen molar-refractivity contribution in [1.29, 1.82) is 0 Å². The van der Waals surface area contributed by atoms with E-state index < -0.39 is 8.80 Å². The van der Waals surface area contributed by atoms with Crippen molar-refractivity contribution in [2.45, 2.75) is 6.54 Å². The maximum absolute atomic E-state index is 9.13. The van der Waals surface area contributed by atoms with E-state index in [2.05, 4.69) is 16.5 Å². The predicted octanol–water partition coefficient (Wildman–Crippen LogP) is -1.32. The molecule has 1 aliphatic rings. The van der Waals surface area contributed by atoms with Gasteiger partial charge in [-0.2, -0.15) is 0 Å². The number of rotatable bonds is 3. The molecule has 0 spiro atoms. The van der Waals surface area contributed by atoms with Crippen molar-refractivity contribution >= 4 is 14.0 Å². The van der Waals surface area contributed by atoms with Crippen LogP contribution >= 0.6 is 0 Å². The Labute approximate surface area is 102 Å². The Morgan fingerprint density at radius 3 is 2.24 bits per heavy atom. The third-order valence-electron chi connectivity index (χ3n) is 2.83. The molecule has 1 fully saturated rings. The van der Waals surface area contributed by atoms with Crippen molar-refractivity contribution in [2.24, 2.45) is 0 Å². The normalized spacial score (nSPS) is 18.8. The molecule has 1 aromatic rings. The first kappa shape index (κ1) is 12.7. The topological polar surface area (TPSA) is 67.2 Å². The molecule has 0 aromatic heterocycles. The van der Waals surface area contributed by atoms with Crippen LogP contribution in [0.3, 0.4) is 0 Å². The van der Waals surface area contributed by atoms with Crippen LogP contribution in [0.25, 0.3) is 0 Å². The minimum Gasteiger partial charge on any atom is -0.386 e. The molecular weight excluding hydrogens is 236 g/mol. The summed E-state index contributed by atoms with van der Waals surface area (Å²) < 4.78 is 0. The van der Waals surface area contributed by atoms with Crippen LogP contribution in [0.4, 0.5) is 0 Å². The summed E-state index contributed by atoms with van der Waals surface area (Å²) in [5.41, 5.74) is 1.08. The van der Waals surface area contributed by atoms with E-state index in [0.29, 0.717) is 0 Å². The average Bonchev–Trinajstić information content (AvgIpc) is 2.63. The highest BCUT2D eigenvalue weighted by Crippen LogP contribution is 2.11. The lowest BCUT2D eigenvalue weighted by atomic mass is 10.2. The van der Waals surface area contributed by atoms with Crippen molar-refractivity contribution in [2.75, 3.05) is 20.1 Å². The number of nitrogens with zero attached hydrogens (tertiary/aromatic N) is 2. The first-order valence-electron chi connectivity index (χ1n) is 5.51. The summed E-state index contributed by atoms with van der Waals surface area (Å²) in [6, 6.07) is 6.76. The molecule has 1 radical (unpaired) electrons. The molecule has 1 saturated heterocycles. The van der Waals surface area contributed by atoms with E-state index in [1.807, 2.05) is 19.2 Å². The molecule has 1 aliphatic heterocycles. The molecule has 0 amide bonds. The third kappa shape index (κ3) is 3.35. The molecule has 2 rings (SSSR count). The molecular formula is C11H17N2O3Si. The summed E-state index contributed by atoms with van der Waals surface area (Å²) in [5, 5.41) is 0.212. The SMILES string of the molecule is CN1[CH]N(Cc2ccc([Si](O)(O)O)cc2)CC1. The summed E-state index contributed by atoms with van der Waals surface area (Å²) in [4.78, 5) is 31.7. The minimum absolute atomic E-state index is 0.212. The van der Waals surface area contributed by atoms with Gasteiger partial charge in [-0.25, -0.2) is 0 Å². The molecule has 0 atom stereocenters. The lowest BCUT2D eigenvalue weighted by molar-refractivity contribution is 0.249. The van der Waals surface area contributed by atoms with Gasteiger partial charge in [-0.1, -0.05) is 24.3 Å². The van der Waals surface area contributed by atoms with Crippen molar-refractivity contribution < 1.29 is 14.4 Å². The van der Waals surface area contributed by atoms with Crippen LogP contribution in [0.1, 0.15) is 5.56 Å². The first-order chi connectivity index (χ1) is 7.95. The van der Waals surface area contributed by atoms with Crippen molar-refractivity contribution in [3.8, 4) is 0 Å². The van der Waals surface area contributed by atoms with E-state index in [-0.39, 0.29) is 5.19 Å². The summed E-state index contributed by atoms with van der Waals surface area (Å²) in [5.74, 6) is 0. The smallest absolute Gasteiger partial charge is 0.386 e. The fourth-order valence-corrected chi connectivity index (χ4v) is 2.48. The first-order valence-corrected chi connectivity index (χ1v) is 7.35. The van der Waals surface area contributed by atoms with Crippen molar-refractivity contribution in [1.82, 2.24) is 9.80 Å². The summed E-state index contributed by atoms with van der Waals surface area (Å²) in [6.07, 6.45) is 0. The molecule has 0 unspecified atom stereocenters. The van der Waals surface area contributed by atoms with E-state index in [4.69, 9.17) is 14.4 Å². The zero-order valence-corrected chi connectivity index (χ0v) is 10.7. The number of likely N-dealkylation sites (N-methyl/N-ethyl adjacent to an activating group) is 1. The van der Waals surface area contributed by atoms with Gasteiger partial charge in [0.25, 0.3) is 0 Å². The fourth-order valence-electron chi connectivity index (χ4n) is 1.87. The van der Waals surface area contributed by atoms with Gasteiger partial charge in [0, 0.05) is 24.8 Å². The molecule has 17 heavy (non-hydrogen) atoms. The lowest BCUT2D eigenvalue weighted by Crippen LogP contribution is -2.48. The lowest BCUT2D eigenvalue weighted by Gasteiger charge is -2.15.